The molecule has 0 radical (unpaired) electrons. The van der Waals surface area contributed by atoms with Crippen LogP contribution in [0.3, 0.4) is 0 Å². The lowest BCUT2D eigenvalue weighted by Crippen LogP contribution is -2.34. The number of rotatable bonds is 9. The van der Waals surface area contributed by atoms with E-state index in [2.05, 4.69) is 9.72 Å². The van der Waals surface area contributed by atoms with E-state index in [1.807, 2.05) is 10.8 Å². The molecule has 0 aliphatic rings. The SMILES string of the molecule is COC(=O)CCN(CCCn1ccnc1)C(=O)c1ccc(OC)cc1. The third kappa shape index (κ3) is 5.63. The molecule has 0 N–H and O–H groups in total. The lowest BCUT2D eigenvalue weighted by molar-refractivity contribution is -0.140. The van der Waals surface area contributed by atoms with Crippen LogP contribution in [0.2, 0.25) is 0 Å². The summed E-state index contributed by atoms with van der Waals surface area (Å²) in [7, 11) is 2.92. The Kier molecular flexibility index (Phi) is 7.00. The second-order valence-electron chi connectivity index (χ2n) is 5.50. The van der Waals surface area contributed by atoms with Crippen LogP contribution in [0.4, 0.5) is 0 Å². The van der Waals surface area contributed by atoms with Crippen molar-refractivity contribution in [1.82, 2.24) is 14.5 Å². The first-order chi connectivity index (χ1) is 12.1. The van der Waals surface area contributed by atoms with Crippen LogP contribution < -0.4 is 4.74 Å². The Bertz CT molecular complexity index is 668. The first-order valence-corrected chi connectivity index (χ1v) is 8.10. The van der Waals surface area contributed by atoms with E-state index in [4.69, 9.17) is 4.74 Å². The highest BCUT2D eigenvalue weighted by Crippen LogP contribution is 2.14. The van der Waals surface area contributed by atoms with Gasteiger partial charge in [0.25, 0.3) is 5.91 Å². The van der Waals surface area contributed by atoms with E-state index >= 15 is 0 Å². The monoisotopic (exact) mass is 345 g/mol. The number of benzene rings is 1. The largest absolute Gasteiger partial charge is 0.497 e. The zero-order chi connectivity index (χ0) is 18.1. The molecule has 2 rings (SSSR count). The van der Waals surface area contributed by atoms with E-state index in [1.54, 1.807) is 48.8 Å². The lowest BCUT2D eigenvalue weighted by atomic mass is 10.1. The van der Waals surface area contributed by atoms with Gasteiger partial charge in [0.05, 0.1) is 27.0 Å². The third-order valence-corrected chi connectivity index (χ3v) is 3.84. The first-order valence-electron chi connectivity index (χ1n) is 8.10. The average Bonchev–Trinajstić information content (AvgIpc) is 3.17. The van der Waals surface area contributed by atoms with Gasteiger partial charge in [-0.2, -0.15) is 0 Å². The summed E-state index contributed by atoms with van der Waals surface area (Å²) in [5.41, 5.74) is 0.563. The number of esters is 1. The molecule has 134 valence electrons. The van der Waals surface area contributed by atoms with Crippen LogP contribution in [-0.2, 0) is 16.1 Å². The lowest BCUT2D eigenvalue weighted by Gasteiger charge is -2.22. The van der Waals surface area contributed by atoms with Crippen molar-refractivity contribution in [2.45, 2.75) is 19.4 Å². The number of carbonyl (C=O) groups excluding carboxylic acids is 2. The summed E-state index contributed by atoms with van der Waals surface area (Å²) in [4.78, 5) is 29.9. The summed E-state index contributed by atoms with van der Waals surface area (Å²) in [6.07, 6.45) is 6.27. The highest BCUT2D eigenvalue weighted by Gasteiger charge is 2.17. The molecule has 1 aromatic heterocycles. The second kappa shape index (κ2) is 9.46. The smallest absolute Gasteiger partial charge is 0.307 e. The van der Waals surface area contributed by atoms with Gasteiger partial charge in [0.2, 0.25) is 0 Å². The van der Waals surface area contributed by atoms with E-state index in [0.717, 1.165) is 13.0 Å². The van der Waals surface area contributed by atoms with Gasteiger partial charge in [-0.15, -0.1) is 0 Å². The Labute approximate surface area is 147 Å². The van der Waals surface area contributed by atoms with Crippen molar-refractivity contribution in [2.24, 2.45) is 0 Å². The maximum absolute atomic E-state index is 12.8. The van der Waals surface area contributed by atoms with Crippen molar-refractivity contribution in [1.29, 1.82) is 0 Å². The van der Waals surface area contributed by atoms with Gasteiger partial charge in [-0.1, -0.05) is 0 Å². The van der Waals surface area contributed by atoms with Crippen LogP contribution in [0.5, 0.6) is 5.75 Å². The molecule has 0 fully saturated rings. The van der Waals surface area contributed by atoms with Crippen molar-refractivity contribution in [3.05, 3.63) is 48.5 Å². The fraction of sp³-hybridized carbons (Fsp3) is 0.389. The summed E-state index contributed by atoms with van der Waals surface area (Å²) >= 11 is 0. The average molecular weight is 345 g/mol. The Morgan fingerprint density at radius 2 is 1.92 bits per heavy atom. The number of hydrogen-bond donors (Lipinski definition) is 0. The molecule has 0 unspecified atom stereocenters. The highest BCUT2D eigenvalue weighted by molar-refractivity contribution is 5.94. The molecular weight excluding hydrogens is 322 g/mol. The molecule has 25 heavy (non-hydrogen) atoms. The molecule has 1 aromatic carbocycles. The summed E-state index contributed by atoms with van der Waals surface area (Å²) in [5, 5.41) is 0. The summed E-state index contributed by atoms with van der Waals surface area (Å²) in [5.74, 6) is 0.247. The number of aromatic nitrogens is 2. The van der Waals surface area contributed by atoms with Gasteiger partial charge >= 0.3 is 5.97 Å². The molecule has 0 bridgehead atoms. The summed E-state index contributed by atoms with van der Waals surface area (Å²) in [6.45, 7) is 1.62. The number of amides is 1. The zero-order valence-electron chi connectivity index (χ0n) is 14.6. The predicted molar refractivity (Wildman–Crippen MR) is 92.4 cm³/mol. The minimum Gasteiger partial charge on any atom is -0.497 e. The predicted octanol–water partition coefficient (Wildman–Crippen LogP) is 1.99. The number of imidazole rings is 1. The van der Waals surface area contributed by atoms with Crippen LogP contribution >= 0.6 is 0 Å². The molecule has 0 aliphatic carbocycles. The van der Waals surface area contributed by atoms with Gasteiger partial charge in [-0.05, 0) is 30.7 Å². The molecule has 2 aromatic rings. The molecule has 0 saturated carbocycles. The van der Waals surface area contributed by atoms with Crippen LogP contribution in [-0.4, -0.2) is 53.6 Å². The molecule has 0 spiro atoms. The standard InChI is InChI=1S/C18H23N3O4/c1-24-16-6-4-15(5-7-16)18(23)21(12-8-17(22)25-2)11-3-10-20-13-9-19-14-20/h4-7,9,13-14H,3,8,10-12H2,1-2H3. The molecule has 7 heteroatoms. The maximum atomic E-state index is 12.8. The summed E-state index contributed by atoms with van der Waals surface area (Å²) < 4.78 is 11.7. The van der Waals surface area contributed by atoms with Gasteiger partial charge in [-0.3, -0.25) is 9.59 Å². The Hall–Kier alpha value is -2.83. The van der Waals surface area contributed by atoms with Crippen molar-refractivity contribution in [3.63, 3.8) is 0 Å². The highest BCUT2D eigenvalue weighted by atomic mass is 16.5. The van der Waals surface area contributed by atoms with Gasteiger partial charge in [0.15, 0.2) is 0 Å². The molecule has 1 amide bonds. The molecule has 0 aliphatic heterocycles. The number of methoxy groups -OCH3 is 2. The van der Waals surface area contributed by atoms with Crippen LogP contribution in [0, 0.1) is 0 Å². The Morgan fingerprint density at radius 3 is 2.52 bits per heavy atom. The molecular formula is C18H23N3O4. The minimum absolute atomic E-state index is 0.114. The molecule has 0 atom stereocenters. The number of ether oxygens (including phenoxy) is 2. The number of carbonyl (C=O) groups is 2. The maximum Gasteiger partial charge on any atom is 0.307 e. The Balaban J connectivity index is 2.00. The van der Waals surface area contributed by atoms with Gasteiger partial charge in [0.1, 0.15) is 5.75 Å². The van der Waals surface area contributed by atoms with E-state index in [1.165, 1.54) is 7.11 Å². The van der Waals surface area contributed by atoms with Crippen molar-refractivity contribution >= 4 is 11.9 Å². The molecule has 0 saturated heterocycles. The fourth-order valence-electron chi connectivity index (χ4n) is 2.42. The first kappa shape index (κ1) is 18.5. The number of nitrogens with zero attached hydrogens (tertiary/aromatic N) is 3. The number of hydrogen-bond acceptors (Lipinski definition) is 5. The fourth-order valence-corrected chi connectivity index (χ4v) is 2.42. The Morgan fingerprint density at radius 1 is 1.16 bits per heavy atom. The second-order valence-corrected chi connectivity index (χ2v) is 5.50. The van der Waals surface area contributed by atoms with Crippen LogP contribution in [0.25, 0.3) is 0 Å². The topological polar surface area (TPSA) is 73.7 Å². The normalized spacial score (nSPS) is 10.3. The molecule has 1 heterocycles. The van der Waals surface area contributed by atoms with E-state index in [0.29, 0.717) is 24.4 Å². The van der Waals surface area contributed by atoms with Crippen LogP contribution in [0.1, 0.15) is 23.2 Å². The van der Waals surface area contributed by atoms with E-state index < -0.39 is 0 Å². The molecule has 7 nitrogen and oxygen atoms in total. The van der Waals surface area contributed by atoms with Gasteiger partial charge in [0, 0.05) is 37.6 Å². The van der Waals surface area contributed by atoms with Crippen molar-refractivity contribution in [2.75, 3.05) is 27.3 Å². The van der Waals surface area contributed by atoms with Crippen molar-refractivity contribution < 1.29 is 19.1 Å². The zero-order valence-corrected chi connectivity index (χ0v) is 14.6. The van der Waals surface area contributed by atoms with E-state index in [-0.39, 0.29) is 18.3 Å². The van der Waals surface area contributed by atoms with Crippen LogP contribution in [0.15, 0.2) is 43.0 Å². The van der Waals surface area contributed by atoms with E-state index in [9.17, 15) is 9.59 Å². The van der Waals surface area contributed by atoms with Crippen molar-refractivity contribution in [3.8, 4) is 5.75 Å². The third-order valence-electron chi connectivity index (χ3n) is 3.84. The number of aryl methyl sites for hydroxylation is 1. The quantitative estimate of drug-likeness (QED) is 0.650. The van der Waals surface area contributed by atoms with Gasteiger partial charge in [-0.25, -0.2) is 4.98 Å². The van der Waals surface area contributed by atoms with Gasteiger partial charge < -0.3 is 18.9 Å². The summed E-state index contributed by atoms with van der Waals surface area (Å²) in [6, 6.07) is 6.94. The minimum atomic E-state index is -0.331.